The van der Waals surface area contributed by atoms with E-state index in [9.17, 15) is 0 Å². The van der Waals surface area contributed by atoms with Crippen molar-refractivity contribution in [3.8, 4) is 0 Å². The zero-order valence-electron chi connectivity index (χ0n) is 13.9. The molecule has 0 aromatic carbocycles. The van der Waals surface area contributed by atoms with Gasteiger partial charge in [-0.05, 0) is 39.0 Å². The summed E-state index contributed by atoms with van der Waals surface area (Å²) < 4.78 is 24.4. The Morgan fingerprint density at radius 3 is 2.78 bits per heavy atom. The molecular weight excluding hydrogens is 339 g/mol. The highest BCUT2D eigenvalue weighted by atomic mass is 35.5. The minimum Gasteiger partial charge on any atom is -0.350 e. The first-order chi connectivity index (χ1) is 11.1. The fourth-order valence-corrected chi connectivity index (χ4v) is 4.73. The fourth-order valence-electron chi connectivity index (χ4n) is 4.39. The van der Waals surface area contributed by atoms with Gasteiger partial charge < -0.3 is 18.9 Å². The van der Waals surface area contributed by atoms with Crippen LogP contribution in [-0.4, -0.2) is 38.0 Å². The topological polar surface area (TPSA) is 36.9 Å². The molecule has 3 rings (SSSR count). The van der Waals surface area contributed by atoms with Gasteiger partial charge in [-0.25, -0.2) is 0 Å². The summed E-state index contributed by atoms with van der Waals surface area (Å²) in [5.74, 6) is 0.176. The number of hydrogen-bond acceptors (Lipinski definition) is 4. The molecular formula is C17H26Cl2O4. The smallest absolute Gasteiger partial charge is 0.182 e. The van der Waals surface area contributed by atoms with E-state index in [0.717, 1.165) is 31.3 Å². The molecule has 3 aliphatic rings. The molecule has 2 heterocycles. The van der Waals surface area contributed by atoms with E-state index in [-0.39, 0.29) is 10.6 Å². The largest absolute Gasteiger partial charge is 0.350 e. The molecule has 0 radical (unpaired) electrons. The lowest BCUT2D eigenvalue weighted by Gasteiger charge is -2.54. The van der Waals surface area contributed by atoms with Gasteiger partial charge in [0.15, 0.2) is 12.1 Å². The monoisotopic (exact) mass is 364 g/mol. The van der Waals surface area contributed by atoms with E-state index in [1.165, 1.54) is 6.42 Å². The van der Waals surface area contributed by atoms with Gasteiger partial charge in [0.1, 0.15) is 4.49 Å². The third-order valence-corrected chi connectivity index (χ3v) is 5.82. The minimum atomic E-state index is -0.460. The third-order valence-electron chi connectivity index (χ3n) is 5.33. The normalized spacial score (nSPS) is 40.4. The number of ether oxygens (including phenoxy) is 4. The van der Waals surface area contributed by atoms with Crippen molar-refractivity contribution in [1.29, 1.82) is 0 Å². The van der Waals surface area contributed by atoms with Crippen LogP contribution in [0.3, 0.4) is 0 Å². The molecule has 4 nitrogen and oxygen atoms in total. The molecule has 0 unspecified atom stereocenters. The summed E-state index contributed by atoms with van der Waals surface area (Å²) in [5.41, 5.74) is 0.856. The predicted octanol–water partition coefficient (Wildman–Crippen LogP) is 4.40. The Balaban J connectivity index is 1.85. The van der Waals surface area contributed by atoms with E-state index < -0.39 is 12.1 Å². The van der Waals surface area contributed by atoms with E-state index in [1.807, 2.05) is 13.8 Å². The average Bonchev–Trinajstić information content (AvgIpc) is 2.54. The SMILES string of the molecule is CCO[C@H]1O[C@@H]2CO[C@@]3(OCC)CCCC[C@@H]3[C@H]2CC1=C(Cl)Cl. The van der Waals surface area contributed by atoms with Gasteiger partial charge in [-0.3, -0.25) is 0 Å². The van der Waals surface area contributed by atoms with Gasteiger partial charge in [0.2, 0.25) is 0 Å². The maximum Gasteiger partial charge on any atom is 0.182 e. The molecule has 1 aliphatic carbocycles. The Labute approximate surface area is 148 Å². The molecule has 3 fully saturated rings. The van der Waals surface area contributed by atoms with Crippen molar-refractivity contribution in [2.45, 2.75) is 64.1 Å². The van der Waals surface area contributed by atoms with Gasteiger partial charge in [-0.15, -0.1) is 0 Å². The molecule has 0 aromatic rings. The lowest BCUT2D eigenvalue weighted by Crippen LogP contribution is -2.60. The molecule has 6 heteroatoms. The molecule has 0 bridgehead atoms. The molecule has 132 valence electrons. The predicted molar refractivity (Wildman–Crippen MR) is 89.4 cm³/mol. The van der Waals surface area contributed by atoms with Crippen molar-refractivity contribution in [2.24, 2.45) is 11.8 Å². The Bertz CT molecular complexity index is 448. The van der Waals surface area contributed by atoms with Gasteiger partial charge in [0.25, 0.3) is 0 Å². The van der Waals surface area contributed by atoms with Crippen LogP contribution in [0.15, 0.2) is 10.1 Å². The molecule has 23 heavy (non-hydrogen) atoms. The maximum absolute atomic E-state index is 6.22. The lowest BCUT2D eigenvalue weighted by molar-refractivity contribution is -0.344. The zero-order valence-corrected chi connectivity index (χ0v) is 15.4. The van der Waals surface area contributed by atoms with E-state index in [1.54, 1.807) is 0 Å². The van der Waals surface area contributed by atoms with E-state index in [4.69, 9.17) is 42.1 Å². The number of halogens is 2. The quantitative estimate of drug-likeness (QED) is 0.740. The second-order valence-electron chi connectivity index (χ2n) is 6.52. The van der Waals surface area contributed by atoms with Crippen molar-refractivity contribution in [1.82, 2.24) is 0 Å². The summed E-state index contributed by atoms with van der Waals surface area (Å²) in [7, 11) is 0. The first kappa shape index (κ1) is 18.0. The summed E-state index contributed by atoms with van der Waals surface area (Å²) in [6.07, 6.45) is 4.75. The summed E-state index contributed by atoms with van der Waals surface area (Å²) in [4.78, 5) is 0. The Hall–Kier alpha value is 0.160. The molecule has 0 spiro atoms. The Morgan fingerprint density at radius 1 is 1.26 bits per heavy atom. The zero-order chi connectivity index (χ0) is 16.4. The van der Waals surface area contributed by atoms with Gasteiger partial charge in [0.05, 0.1) is 12.7 Å². The van der Waals surface area contributed by atoms with Gasteiger partial charge in [-0.2, -0.15) is 0 Å². The van der Waals surface area contributed by atoms with Crippen LogP contribution in [0.4, 0.5) is 0 Å². The molecule has 2 aliphatic heterocycles. The van der Waals surface area contributed by atoms with Crippen molar-refractivity contribution < 1.29 is 18.9 Å². The van der Waals surface area contributed by atoms with Crippen LogP contribution >= 0.6 is 23.2 Å². The van der Waals surface area contributed by atoms with Gasteiger partial charge in [0, 0.05) is 31.1 Å². The highest BCUT2D eigenvalue weighted by Gasteiger charge is 2.55. The molecule has 2 saturated heterocycles. The van der Waals surface area contributed by atoms with E-state index in [2.05, 4.69) is 0 Å². The van der Waals surface area contributed by atoms with E-state index >= 15 is 0 Å². The Morgan fingerprint density at radius 2 is 2.09 bits per heavy atom. The van der Waals surface area contributed by atoms with Crippen molar-refractivity contribution >= 4 is 23.2 Å². The molecule has 0 aromatic heterocycles. The van der Waals surface area contributed by atoms with Crippen LogP contribution < -0.4 is 0 Å². The number of hydrogen-bond donors (Lipinski definition) is 0. The average molecular weight is 365 g/mol. The lowest BCUT2D eigenvalue weighted by atomic mass is 9.68. The van der Waals surface area contributed by atoms with Crippen LogP contribution in [0, 0.1) is 11.8 Å². The minimum absolute atomic E-state index is 0.0136. The molecule has 1 saturated carbocycles. The number of rotatable bonds is 4. The standard InChI is InChI=1S/C17H26Cl2O4/c1-3-20-16-12(15(18)19)9-11-13-7-5-6-8-17(13,21-4-2)22-10-14(11)23-16/h11,13-14,16H,3-10H2,1-2H3/t11-,13-,14-,16+,17+/m1/s1. The van der Waals surface area contributed by atoms with Crippen LogP contribution in [-0.2, 0) is 18.9 Å². The van der Waals surface area contributed by atoms with Gasteiger partial charge >= 0.3 is 0 Å². The summed E-state index contributed by atoms with van der Waals surface area (Å²) in [6, 6.07) is 0. The second kappa shape index (κ2) is 7.59. The Kier molecular flexibility index (Phi) is 5.93. The van der Waals surface area contributed by atoms with Gasteiger partial charge in [-0.1, -0.05) is 29.6 Å². The van der Waals surface area contributed by atoms with Crippen molar-refractivity contribution in [3.63, 3.8) is 0 Å². The fraction of sp³-hybridized carbons (Fsp3) is 0.882. The highest BCUT2D eigenvalue weighted by molar-refractivity contribution is 6.56. The first-order valence-corrected chi connectivity index (χ1v) is 9.46. The summed E-state index contributed by atoms with van der Waals surface area (Å²) >= 11 is 12.2. The molecule has 0 N–H and O–H groups in total. The molecule has 5 atom stereocenters. The van der Waals surface area contributed by atoms with Crippen LogP contribution in [0.5, 0.6) is 0 Å². The van der Waals surface area contributed by atoms with Crippen LogP contribution in [0.25, 0.3) is 0 Å². The summed E-state index contributed by atoms with van der Waals surface area (Å²) in [5, 5.41) is 0. The van der Waals surface area contributed by atoms with Crippen LogP contribution in [0.1, 0.15) is 46.0 Å². The van der Waals surface area contributed by atoms with Crippen molar-refractivity contribution in [2.75, 3.05) is 19.8 Å². The van der Waals surface area contributed by atoms with E-state index in [0.29, 0.717) is 31.7 Å². The highest BCUT2D eigenvalue weighted by Crippen LogP contribution is 2.51. The third kappa shape index (κ3) is 3.44. The van der Waals surface area contributed by atoms with Crippen molar-refractivity contribution in [3.05, 3.63) is 10.1 Å². The number of fused-ring (bicyclic) bond motifs is 3. The van der Waals surface area contributed by atoms with Crippen LogP contribution in [0.2, 0.25) is 0 Å². The summed E-state index contributed by atoms with van der Waals surface area (Å²) in [6.45, 7) is 5.72. The maximum atomic E-state index is 6.22. The molecule has 0 amide bonds. The first-order valence-electron chi connectivity index (χ1n) is 8.70. The second-order valence-corrected chi connectivity index (χ2v) is 7.47.